The quantitative estimate of drug-likeness (QED) is 0.127. The Bertz CT molecular complexity index is 1370. The lowest BCUT2D eigenvalue weighted by molar-refractivity contribution is 0.104. The van der Waals surface area contributed by atoms with E-state index in [9.17, 15) is 4.79 Å². The number of likely N-dealkylation sites (tertiary alicyclic amines) is 1. The van der Waals surface area contributed by atoms with Crippen LogP contribution in [0, 0.1) is 0 Å². The van der Waals surface area contributed by atoms with Crippen LogP contribution in [0.3, 0.4) is 0 Å². The van der Waals surface area contributed by atoms with E-state index >= 15 is 0 Å². The Kier molecular flexibility index (Phi) is 9.17. The lowest BCUT2D eigenvalue weighted by atomic mass is 9.97. The van der Waals surface area contributed by atoms with Crippen molar-refractivity contribution in [2.75, 3.05) is 40.5 Å². The van der Waals surface area contributed by atoms with Crippen LogP contribution in [0.25, 0.3) is 20.5 Å². The molecule has 39 heavy (non-hydrogen) atoms. The summed E-state index contributed by atoms with van der Waals surface area (Å²) in [6.45, 7) is 4.50. The van der Waals surface area contributed by atoms with Crippen LogP contribution in [-0.4, -0.2) is 51.1 Å². The van der Waals surface area contributed by atoms with E-state index in [0.717, 1.165) is 44.2 Å². The monoisotopic (exact) mass is 543 g/mol. The van der Waals surface area contributed by atoms with Gasteiger partial charge in [-0.25, -0.2) is 0 Å². The van der Waals surface area contributed by atoms with E-state index in [1.807, 2.05) is 66.7 Å². The van der Waals surface area contributed by atoms with Crippen molar-refractivity contribution < 1.29 is 19.0 Å². The van der Waals surface area contributed by atoms with Crippen molar-refractivity contribution in [1.29, 1.82) is 0 Å². The summed E-state index contributed by atoms with van der Waals surface area (Å²) >= 11 is 1.60. The van der Waals surface area contributed by atoms with E-state index in [4.69, 9.17) is 14.2 Å². The highest BCUT2D eigenvalue weighted by Gasteiger charge is 2.22. The molecule has 0 amide bonds. The maximum absolute atomic E-state index is 13.9. The molecule has 5 rings (SSSR count). The predicted octanol–water partition coefficient (Wildman–Crippen LogP) is 7.85. The second-order valence-electron chi connectivity index (χ2n) is 10.1. The molecule has 1 saturated heterocycles. The molecule has 6 heteroatoms. The molecule has 1 aliphatic rings. The molecule has 0 spiro atoms. The van der Waals surface area contributed by atoms with Crippen LogP contribution in [0.4, 0.5) is 0 Å². The molecule has 204 valence electrons. The van der Waals surface area contributed by atoms with E-state index in [2.05, 4.69) is 4.90 Å². The summed E-state index contributed by atoms with van der Waals surface area (Å²) in [5.41, 5.74) is 2.35. The number of benzene rings is 3. The predicted molar refractivity (Wildman–Crippen MR) is 160 cm³/mol. The molecule has 5 nitrogen and oxygen atoms in total. The van der Waals surface area contributed by atoms with Crippen LogP contribution in [-0.2, 0) is 0 Å². The first kappa shape index (κ1) is 27.2. The zero-order valence-electron chi connectivity index (χ0n) is 22.9. The third-order valence-electron chi connectivity index (χ3n) is 7.43. The first-order valence-corrected chi connectivity index (χ1v) is 14.7. The minimum atomic E-state index is 0.00165. The van der Waals surface area contributed by atoms with Crippen molar-refractivity contribution in [3.63, 3.8) is 0 Å². The molecule has 1 aromatic heterocycles. The van der Waals surface area contributed by atoms with Crippen LogP contribution >= 0.6 is 11.3 Å². The van der Waals surface area contributed by atoms with Crippen LogP contribution < -0.4 is 14.2 Å². The van der Waals surface area contributed by atoms with Gasteiger partial charge in [-0.15, -0.1) is 11.3 Å². The number of ether oxygens (including phenoxy) is 3. The van der Waals surface area contributed by atoms with Gasteiger partial charge in [-0.05, 0) is 118 Å². The van der Waals surface area contributed by atoms with Crippen molar-refractivity contribution in [1.82, 2.24) is 4.90 Å². The van der Waals surface area contributed by atoms with Crippen molar-refractivity contribution in [3.05, 3.63) is 77.9 Å². The topological polar surface area (TPSA) is 48.0 Å². The van der Waals surface area contributed by atoms with Gasteiger partial charge in [-0.2, -0.15) is 0 Å². The molecule has 0 aliphatic carbocycles. The molecule has 1 aliphatic heterocycles. The van der Waals surface area contributed by atoms with Gasteiger partial charge in [0.1, 0.15) is 17.2 Å². The maximum atomic E-state index is 13.9. The Morgan fingerprint density at radius 2 is 1.46 bits per heavy atom. The molecule has 4 aromatic rings. The minimum absolute atomic E-state index is 0.00165. The number of unbranched alkanes of at least 4 members (excludes halogenated alkanes) is 3. The zero-order valence-corrected chi connectivity index (χ0v) is 23.7. The second kappa shape index (κ2) is 13.1. The number of carbonyl (C=O) groups is 1. The van der Waals surface area contributed by atoms with Gasteiger partial charge in [0.2, 0.25) is 0 Å². The largest absolute Gasteiger partial charge is 0.497 e. The SMILES string of the molecule is COc1ccc(-c2sc3cc(OC)ccc3c2C(=O)c2ccc(OCCCCCCN3CCCC3)cc2)cc1. The molecule has 0 unspecified atom stereocenters. The van der Waals surface area contributed by atoms with Gasteiger partial charge in [0.05, 0.1) is 20.8 Å². The van der Waals surface area contributed by atoms with Crippen molar-refractivity contribution in [3.8, 4) is 27.7 Å². The van der Waals surface area contributed by atoms with Crippen molar-refractivity contribution in [2.45, 2.75) is 38.5 Å². The first-order valence-electron chi connectivity index (χ1n) is 13.9. The molecule has 2 heterocycles. The smallest absolute Gasteiger partial charge is 0.195 e. The summed E-state index contributed by atoms with van der Waals surface area (Å²) in [5, 5.41) is 0.932. The van der Waals surface area contributed by atoms with Crippen LogP contribution in [0.2, 0.25) is 0 Å². The highest BCUT2D eigenvalue weighted by Crippen LogP contribution is 2.41. The summed E-state index contributed by atoms with van der Waals surface area (Å²) in [4.78, 5) is 17.4. The number of fused-ring (bicyclic) bond motifs is 1. The van der Waals surface area contributed by atoms with Gasteiger partial charge in [0.25, 0.3) is 0 Å². The van der Waals surface area contributed by atoms with Crippen molar-refractivity contribution >= 4 is 27.2 Å². The third kappa shape index (κ3) is 6.63. The van der Waals surface area contributed by atoms with Gasteiger partial charge in [-0.3, -0.25) is 4.79 Å². The molecule has 1 fully saturated rings. The van der Waals surface area contributed by atoms with Gasteiger partial charge < -0.3 is 19.1 Å². The first-order chi connectivity index (χ1) is 19.2. The maximum Gasteiger partial charge on any atom is 0.195 e. The van der Waals surface area contributed by atoms with Crippen LogP contribution in [0.1, 0.15) is 54.4 Å². The van der Waals surface area contributed by atoms with E-state index in [1.54, 1.807) is 25.6 Å². The highest BCUT2D eigenvalue weighted by molar-refractivity contribution is 7.22. The van der Waals surface area contributed by atoms with E-state index in [1.165, 1.54) is 51.7 Å². The average molecular weight is 544 g/mol. The molecule has 0 radical (unpaired) electrons. The Morgan fingerprint density at radius 3 is 2.18 bits per heavy atom. The summed E-state index contributed by atoms with van der Waals surface area (Å²) in [5.74, 6) is 2.37. The number of methoxy groups -OCH3 is 2. The number of hydrogen-bond donors (Lipinski definition) is 0. The number of ketones is 1. The Labute approximate surface area is 235 Å². The van der Waals surface area contributed by atoms with E-state index in [0.29, 0.717) is 17.7 Å². The molecule has 0 bridgehead atoms. The van der Waals surface area contributed by atoms with Gasteiger partial charge in [0.15, 0.2) is 5.78 Å². The van der Waals surface area contributed by atoms with E-state index in [-0.39, 0.29) is 5.78 Å². The van der Waals surface area contributed by atoms with Crippen molar-refractivity contribution in [2.24, 2.45) is 0 Å². The highest BCUT2D eigenvalue weighted by atomic mass is 32.1. The summed E-state index contributed by atoms with van der Waals surface area (Å²) in [6, 6.07) is 21.3. The molecule has 0 saturated carbocycles. The number of rotatable bonds is 13. The number of hydrogen-bond acceptors (Lipinski definition) is 6. The molecule has 0 atom stereocenters. The van der Waals surface area contributed by atoms with Gasteiger partial charge >= 0.3 is 0 Å². The van der Waals surface area contributed by atoms with Crippen LogP contribution in [0.5, 0.6) is 17.2 Å². The fourth-order valence-electron chi connectivity index (χ4n) is 5.21. The lowest BCUT2D eigenvalue weighted by Gasteiger charge is -2.13. The molecule has 0 N–H and O–H groups in total. The number of thiophene rings is 1. The van der Waals surface area contributed by atoms with Gasteiger partial charge in [-0.1, -0.05) is 12.8 Å². The second-order valence-corrected chi connectivity index (χ2v) is 11.1. The average Bonchev–Trinajstić information content (AvgIpc) is 3.64. The van der Waals surface area contributed by atoms with Gasteiger partial charge in [0, 0.05) is 26.1 Å². The summed E-state index contributed by atoms with van der Waals surface area (Å²) in [6.07, 6.45) is 7.50. The number of carbonyl (C=O) groups excluding carboxylic acids is 1. The molecule has 3 aromatic carbocycles. The Morgan fingerprint density at radius 1 is 0.795 bits per heavy atom. The lowest BCUT2D eigenvalue weighted by Crippen LogP contribution is -2.20. The Hall–Kier alpha value is -3.35. The summed E-state index contributed by atoms with van der Waals surface area (Å²) in [7, 11) is 3.31. The Balaban J connectivity index is 1.25. The normalized spacial score (nSPS) is 13.6. The fourth-order valence-corrected chi connectivity index (χ4v) is 6.44. The molecular formula is C33H37NO4S. The number of nitrogens with zero attached hydrogens (tertiary/aromatic N) is 1. The standard InChI is InChI=1S/C33H37NO4S/c1-36-26-13-11-25(12-14-26)33-31(29-18-17-28(37-2)23-30(29)39-33)32(35)24-9-15-27(16-10-24)38-22-8-4-3-5-19-34-20-6-7-21-34/h9-18,23H,3-8,19-22H2,1-2H3. The fraction of sp³-hybridized carbons (Fsp3) is 0.364. The summed E-state index contributed by atoms with van der Waals surface area (Å²) < 4.78 is 17.8. The minimum Gasteiger partial charge on any atom is -0.497 e. The van der Waals surface area contributed by atoms with E-state index < -0.39 is 0 Å². The third-order valence-corrected chi connectivity index (χ3v) is 8.63. The molecular weight excluding hydrogens is 506 g/mol. The zero-order chi connectivity index (χ0) is 27.0. The van der Waals surface area contributed by atoms with Crippen LogP contribution in [0.15, 0.2) is 66.7 Å².